The minimum absolute atomic E-state index is 0.313. The molecule has 2 heterocycles. The van der Waals surface area contributed by atoms with Gasteiger partial charge in [-0.25, -0.2) is 4.98 Å². The van der Waals surface area contributed by atoms with Crippen molar-refractivity contribution in [3.63, 3.8) is 0 Å². The molecule has 2 aromatic rings. The molecule has 1 unspecified atom stereocenters. The first kappa shape index (κ1) is 10.1. The lowest BCUT2D eigenvalue weighted by Gasteiger charge is -2.12. The number of thiazole rings is 1. The average molecular weight is 233 g/mol. The molecule has 0 spiro atoms. The van der Waals surface area contributed by atoms with Crippen LogP contribution < -0.4 is 10.6 Å². The predicted octanol–water partition coefficient (Wildman–Crippen LogP) is 2.14. The fourth-order valence-corrected chi connectivity index (χ4v) is 3.25. The number of rotatable bonds is 1. The van der Waals surface area contributed by atoms with E-state index in [2.05, 4.69) is 30.0 Å². The van der Waals surface area contributed by atoms with E-state index >= 15 is 0 Å². The Morgan fingerprint density at radius 2 is 2.38 bits per heavy atom. The first-order chi connectivity index (χ1) is 7.74. The van der Waals surface area contributed by atoms with Crippen LogP contribution in [0.2, 0.25) is 0 Å². The number of aromatic nitrogens is 1. The van der Waals surface area contributed by atoms with Crippen LogP contribution in [0, 0.1) is 6.92 Å². The van der Waals surface area contributed by atoms with Gasteiger partial charge in [0.25, 0.3) is 0 Å². The maximum atomic E-state index is 5.92. The predicted molar refractivity (Wildman–Crippen MR) is 69.2 cm³/mol. The molecule has 3 nitrogen and oxygen atoms in total. The third-order valence-electron chi connectivity index (χ3n) is 3.10. The van der Waals surface area contributed by atoms with E-state index in [0.717, 1.165) is 30.2 Å². The lowest BCUT2D eigenvalue weighted by Crippen LogP contribution is -2.26. The maximum absolute atomic E-state index is 5.92. The van der Waals surface area contributed by atoms with Crippen molar-refractivity contribution in [2.75, 3.05) is 18.0 Å². The quantitative estimate of drug-likeness (QED) is 0.820. The minimum atomic E-state index is 0.313. The van der Waals surface area contributed by atoms with Crippen LogP contribution in [0.25, 0.3) is 10.2 Å². The molecule has 16 heavy (non-hydrogen) atoms. The van der Waals surface area contributed by atoms with Crippen molar-refractivity contribution in [1.82, 2.24) is 4.98 Å². The van der Waals surface area contributed by atoms with Crippen LogP contribution in [0.15, 0.2) is 18.2 Å². The van der Waals surface area contributed by atoms with Crippen LogP contribution in [0.5, 0.6) is 0 Å². The SMILES string of the molecule is Cc1cccc2sc(N3CCC(N)C3)nc12. The number of hydrogen-bond acceptors (Lipinski definition) is 4. The molecule has 84 valence electrons. The zero-order valence-electron chi connectivity index (χ0n) is 9.31. The van der Waals surface area contributed by atoms with Gasteiger partial charge >= 0.3 is 0 Å². The molecule has 2 N–H and O–H groups in total. The molecule has 1 aromatic carbocycles. The summed E-state index contributed by atoms with van der Waals surface area (Å²) < 4.78 is 1.27. The Kier molecular flexibility index (Phi) is 2.33. The van der Waals surface area contributed by atoms with Crippen LogP contribution in [-0.2, 0) is 0 Å². The Morgan fingerprint density at radius 3 is 3.06 bits per heavy atom. The van der Waals surface area contributed by atoms with Crippen molar-refractivity contribution in [2.45, 2.75) is 19.4 Å². The van der Waals surface area contributed by atoms with Crippen molar-refractivity contribution < 1.29 is 0 Å². The van der Waals surface area contributed by atoms with Crippen molar-refractivity contribution >= 4 is 26.7 Å². The van der Waals surface area contributed by atoms with E-state index in [1.54, 1.807) is 11.3 Å². The standard InChI is InChI=1S/C12H15N3S/c1-8-3-2-4-10-11(8)14-12(16-10)15-6-5-9(13)7-15/h2-4,9H,5-7,13H2,1H3. The van der Waals surface area contributed by atoms with Gasteiger partial charge in [-0.05, 0) is 25.0 Å². The molecule has 1 atom stereocenters. The first-order valence-corrected chi connectivity index (χ1v) is 6.42. The summed E-state index contributed by atoms with van der Waals surface area (Å²) >= 11 is 1.77. The van der Waals surface area contributed by atoms with Crippen LogP contribution in [-0.4, -0.2) is 24.1 Å². The third-order valence-corrected chi connectivity index (χ3v) is 4.19. The lowest BCUT2D eigenvalue weighted by molar-refractivity contribution is 0.752. The smallest absolute Gasteiger partial charge is 0.186 e. The molecule has 0 aliphatic carbocycles. The van der Waals surface area contributed by atoms with Gasteiger partial charge in [0, 0.05) is 19.1 Å². The molecular weight excluding hydrogens is 218 g/mol. The summed E-state index contributed by atoms with van der Waals surface area (Å²) in [6, 6.07) is 6.66. The topological polar surface area (TPSA) is 42.1 Å². The number of fused-ring (bicyclic) bond motifs is 1. The van der Waals surface area contributed by atoms with E-state index in [4.69, 9.17) is 10.7 Å². The second-order valence-corrected chi connectivity index (χ2v) is 5.42. The molecule has 1 aliphatic heterocycles. The number of nitrogens with two attached hydrogens (primary N) is 1. The molecule has 0 saturated carbocycles. The first-order valence-electron chi connectivity index (χ1n) is 5.61. The van der Waals surface area contributed by atoms with Crippen molar-refractivity contribution in [3.8, 4) is 0 Å². The van der Waals surface area contributed by atoms with E-state index in [-0.39, 0.29) is 0 Å². The Morgan fingerprint density at radius 1 is 1.50 bits per heavy atom. The molecule has 3 rings (SSSR count). The molecule has 1 saturated heterocycles. The fourth-order valence-electron chi connectivity index (χ4n) is 2.17. The summed E-state index contributed by atoms with van der Waals surface area (Å²) in [5.74, 6) is 0. The molecule has 4 heteroatoms. The van der Waals surface area contributed by atoms with Crippen LogP contribution in [0.1, 0.15) is 12.0 Å². The molecule has 0 amide bonds. The molecule has 0 bridgehead atoms. The molecule has 1 aromatic heterocycles. The monoisotopic (exact) mass is 233 g/mol. The number of anilines is 1. The average Bonchev–Trinajstić information content (AvgIpc) is 2.84. The van der Waals surface area contributed by atoms with Gasteiger partial charge < -0.3 is 10.6 Å². The second-order valence-electron chi connectivity index (χ2n) is 4.41. The molecule has 1 fully saturated rings. The number of hydrogen-bond donors (Lipinski definition) is 1. The highest BCUT2D eigenvalue weighted by Gasteiger charge is 2.22. The van der Waals surface area contributed by atoms with Gasteiger partial charge in [-0.15, -0.1) is 0 Å². The van der Waals surface area contributed by atoms with E-state index in [9.17, 15) is 0 Å². The Labute approximate surface area is 98.9 Å². The van der Waals surface area contributed by atoms with Crippen molar-refractivity contribution in [1.29, 1.82) is 0 Å². The highest BCUT2D eigenvalue weighted by atomic mass is 32.1. The van der Waals surface area contributed by atoms with Gasteiger partial charge in [0.2, 0.25) is 0 Å². The van der Waals surface area contributed by atoms with Crippen LogP contribution >= 0.6 is 11.3 Å². The normalized spacial score (nSPS) is 20.9. The highest BCUT2D eigenvalue weighted by Crippen LogP contribution is 2.31. The van der Waals surface area contributed by atoms with Gasteiger partial charge in [-0.1, -0.05) is 23.5 Å². The third kappa shape index (κ3) is 1.58. The zero-order valence-corrected chi connectivity index (χ0v) is 10.1. The van der Waals surface area contributed by atoms with Gasteiger partial charge in [0.05, 0.1) is 10.2 Å². The van der Waals surface area contributed by atoms with E-state index in [1.807, 2.05) is 0 Å². The van der Waals surface area contributed by atoms with Crippen LogP contribution in [0.4, 0.5) is 5.13 Å². The summed E-state index contributed by atoms with van der Waals surface area (Å²) in [5.41, 5.74) is 8.32. The summed E-state index contributed by atoms with van der Waals surface area (Å²) in [7, 11) is 0. The summed E-state index contributed by atoms with van der Waals surface area (Å²) in [5, 5.41) is 1.12. The maximum Gasteiger partial charge on any atom is 0.186 e. The summed E-state index contributed by atoms with van der Waals surface area (Å²) in [6.45, 7) is 4.10. The molecule has 1 aliphatic rings. The van der Waals surface area contributed by atoms with Gasteiger partial charge in [0.15, 0.2) is 5.13 Å². The zero-order chi connectivity index (χ0) is 11.1. The summed E-state index contributed by atoms with van der Waals surface area (Å²) in [4.78, 5) is 7.02. The molecular formula is C12H15N3S. The Bertz CT molecular complexity index is 520. The van der Waals surface area contributed by atoms with Gasteiger partial charge in [-0.2, -0.15) is 0 Å². The highest BCUT2D eigenvalue weighted by molar-refractivity contribution is 7.22. The Balaban J connectivity index is 2.02. The van der Waals surface area contributed by atoms with E-state index < -0.39 is 0 Å². The number of benzene rings is 1. The number of aryl methyl sites for hydroxylation is 1. The van der Waals surface area contributed by atoms with Crippen molar-refractivity contribution in [3.05, 3.63) is 23.8 Å². The summed E-state index contributed by atoms with van der Waals surface area (Å²) in [6.07, 6.45) is 1.08. The van der Waals surface area contributed by atoms with Gasteiger partial charge in [-0.3, -0.25) is 0 Å². The number of nitrogens with zero attached hydrogens (tertiary/aromatic N) is 2. The van der Waals surface area contributed by atoms with E-state index in [1.165, 1.54) is 10.3 Å². The lowest BCUT2D eigenvalue weighted by atomic mass is 10.2. The van der Waals surface area contributed by atoms with Crippen molar-refractivity contribution in [2.24, 2.45) is 5.73 Å². The second kappa shape index (κ2) is 3.71. The van der Waals surface area contributed by atoms with Crippen LogP contribution in [0.3, 0.4) is 0 Å². The number of para-hydroxylation sites is 1. The minimum Gasteiger partial charge on any atom is -0.346 e. The van der Waals surface area contributed by atoms with Gasteiger partial charge in [0.1, 0.15) is 0 Å². The fraction of sp³-hybridized carbons (Fsp3) is 0.417. The molecule has 0 radical (unpaired) electrons. The largest absolute Gasteiger partial charge is 0.346 e. The Hall–Kier alpha value is -1.13. The van der Waals surface area contributed by atoms with E-state index in [0.29, 0.717) is 6.04 Å².